The summed E-state index contributed by atoms with van der Waals surface area (Å²) in [5.41, 5.74) is 3.37. The van der Waals surface area contributed by atoms with Crippen molar-refractivity contribution in [3.63, 3.8) is 0 Å². The Morgan fingerprint density at radius 3 is 2.89 bits per heavy atom. The molecule has 0 amide bonds. The zero-order valence-electron chi connectivity index (χ0n) is 9.63. The average molecular weight is 301 g/mol. The fraction of sp³-hybridized carbons (Fsp3) is 0.0769. The minimum Gasteiger partial charge on any atom is -0.322 e. The number of aryl methyl sites for hydroxylation is 1. The molecule has 0 spiro atoms. The van der Waals surface area contributed by atoms with E-state index in [0.29, 0.717) is 5.56 Å². The van der Waals surface area contributed by atoms with Gasteiger partial charge in [-0.3, -0.25) is 4.68 Å². The van der Waals surface area contributed by atoms with Crippen LogP contribution in [0.3, 0.4) is 0 Å². The molecule has 0 bridgehead atoms. The first-order valence-electron chi connectivity index (χ1n) is 5.40. The maximum Gasteiger partial charge on any atom is 0.102 e. The number of aromatic nitrogens is 3. The van der Waals surface area contributed by atoms with Crippen molar-refractivity contribution in [3.05, 3.63) is 46.8 Å². The van der Waals surface area contributed by atoms with Crippen LogP contribution in [0.2, 0.25) is 0 Å². The van der Waals surface area contributed by atoms with Crippen LogP contribution in [0.25, 0.3) is 16.8 Å². The van der Waals surface area contributed by atoms with Gasteiger partial charge in [0.2, 0.25) is 0 Å². The molecular weight excluding hydrogens is 292 g/mol. The molecule has 0 saturated heterocycles. The first-order valence-corrected chi connectivity index (χ1v) is 6.19. The SMILES string of the molecule is Cn1ncc(Br)c1-c1cn2ccccc2c1C#N. The Kier molecular flexibility index (Phi) is 2.46. The standard InChI is InChI=1S/C13H9BrN4/c1-17-13(11(14)7-16-17)10-8-18-5-3-2-4-12(18)9(10)6-15/h2-5,7-8H,1H3. The second kappa shape index (κ2) is 4.00. The molecule has 88 valence electrons. The van der Waals surface area contributed by atoms with E-state index in [1.165, 1.54) is 0 Å². The third-order valence-electron chi connectivity index (χ3n) is 2.94. The number of rotatable bonds is 1. The van der Waals surface area contributed by atoms with Crippen molar-refractivity contribution < 1.29 is 0 Å². The largest absolute Gasteiger partial charge is 0.322 e. The van der Waals surface area contributed by atoms with Gasteiger partial charge in [0.1, 0.15) is 6.07 Å². The molecule has 18 heavy (non-hydrogen) atoms. The van der Waals surface area contributed by atoms with E-state index in [4.69, 9.17) is 0 Å². The van der Waals surface area contributed by atoms with Crippen molar-refractivity contribution >= 4 is 21.4 Å². The van der Waals surface area contributed by atoms with Crippen molar-refractivity contribution in [1.82, 2.24) is 14.2 Å². The number of fused-ring (bicyclic) bond motifs is 1. The molecule has 0 aromatic carbocycles. The van der Waals surface area contributed by atoms with Gasteiger partial charge >= 0.3 is 0 Å². The van der Waals surface area contributed by atoms with E-state index in [1.807, 2.05) is 42.0 Å². The molecule has 0 aliphatic carbocycles. The summed E-state index contributed by atoms with van der Waals surface area (Å²) in [5.74, 6) is 0. The molecule has 0 N–H and O–H groups in total. The Labute approximate surface area is 112 Å². The van der Waals surface area contributed by atoms with Gasteiger partial charge in [-0.1, -0.05) is 6.07 Å². The highest BCUT2D eigenvalue weighted by atomic mass is 79.9. The monoisotopic (exact) mass is 300 g/mol. The summed E-state index contributed by atoms with van der Waals surface area (Å²) < 4.78 is 4.60. The Balaban J connectivity index is 2.40. The molecule has 0 aliphatic heterocycles. The number of hydrogen-bond donors (Lipinski definition) is 0. The van der Waals surface area contributed by atoms with Gasteiger partial charge in [-0.05, 0) is 28.1 Å². The van der Waals surface area contributed by atoms with Crippen molar-refractivity contribution in [3.8, 4) is 17.3 Å². The fourth-order valence-corrected chi connectivity index (χ4v) is 2.69. The zero-order valence-corrected chi connectivity index (χ0v) is 11.2. The highest BCUT2D eigenvalue weighted by molar-refractivity contribution is 9.10. The normalized spacial score (nSPS) is 10.7. The van der Waals surface area contributed by atoms with E-state index in [-0.39, 0.29) is 0 Å². The first-order chi connectivity index (χ1) is 8.72. The van der Waals surface area contributed by atoms with Crippen LogP contribution in [0.4, 0.5) is 0 Å². The van der Waals surface area contributed by atoms with Crippen LogP contribution in [0.5, 0.6) is 0 Å². The minimum atomic E-state index is 0.667. The smallest absolute Gasteiger partial charge is 0.102 e. The van der Waals surface area contributed by atoms with Gasteiger partial charge in [0.15, 0.2) is 0 Å². The Hall–Kier alpha value is -2.06. The summed E-state index contributed by atoms with van der Waals surface area (Å²) in [7, 11) is 1.86. The average Bonchev–Trinajstić information content (AvgIpc) is 2.89. The van der Waals surface area contributed by atoms with Gasteiger partial charge in [0.05, 0.1) is 27.4 Å². The van der Waals surface area contributed by atoms with Gasteiger partial charge in [0.25, 0.3) is 0 Å². The molecule has 3 rings (SSSR count). The summed E-state index contributed by atoms with van der Waals surface area (Å²) >= 11 is 3.47. The Morgan fingerprint density at radius 2 is 2.22 bits per heavy atom. The number of nitrogens with zero attached hydrogens (tertiary/aromatic N) is 4. The molecule has 0 radical (unpaired) electrons. The van der Waals surface area contributed by atoms with Crippen molar-refractivity contribution in [1.29, 1.82) is 5.26 Å². The van der Waals surface area contributed by atoms with Gasteiger partial charge in [0, 0.05) is 25.0 Å². The van der Waals surface area contributed by atoms with E-state index in [0.717, 1.165) is 21.2 Å². The Morgan fingerprint density at radius 1 is 1.39 bits per heavy atom. The van der Waals surface area contributed by atoms with E-state index in [2.05, 4.69) is 27.1 Å². The lowest BCUT2D eigenvalue weighted by Crippen LogP contribution is -1.93. The minimum absolute atomic E-state index is 0.667. The highest BCUT2D eigenvalue weighted by Gasteiger charge is 2.17. The third-order valence-corrected chi connectivity index (χ3v) is 3.53. The predicted molar refractivity (Wildman–Crippen MR) is 72.0 cm³/mol. The maximum atomic E-state index is 9.38. The van der Waals surface area contributed by atoms with Gasteiger partial charge in [-0.2, -0.15) is 10.4 Å². The molecule has 0 atom stereocenters. The van der Waals surface area contributed by atoms with E-state index in [9.17, 15) is 5.26 Å². The lowest BCUT2D eigenvalue weighted by atomic mass is 10.1. The van der Waals surface area contributed by atoms with Crippen LogP contribution in [-0.2, 0) is 7.05 Å². The number of nitriles is 1. The first kappa shape index (κ1) is 11.1. The second-order valence-corrected chi connectivity index (χ2v) is 4.84. The summed E-state index contributed by atoms with van der Waals surface area (Å²) in [6.45, 7) is 0. The summed E-state index contributed by atoms with van der Waals surface area (Å²) in [5, 5.41) is 13.6. The maximum absolute atomic E-state index is 9.38. The molecule has 0 saturated carbocycles. The van der Waals surface area contributed by atoms with Crippen LogP contribution in [0.1, 0.15) is 5.56 Å². The van der Waals surface area contributed by atoms with E-state index < -0.39 is 0 Å². The lowest BCUT2D eigenvalue weighted by molar-refractivity contribution is 0.775. The van der Waals surface area contributed by atoms with E-state index >= 15 is 0 Å². The van der Waals surface area contributed by atoms with Crippen LogP contribution in [-0.4, -0.2) is 14.2 Å². The summed E-state index contributed by atoms with van der Waals surface area (Å²) in [6, 6.07) is 8.08. The van der Waals surface area contributed by atoms with E-state index in [1.54, 1.807) is 10.9 Å². The van der Waals surface area contributed by atoms with Crippen LogP contribution < -0.4 is 0 Å². The predicted octanol–water partition coefficient (Wildman–Crippen LogP) is 2.97. The molecule has 0 aliphatic rings. The molecule has 0 fully saturated rings. The number of pyridine rings is 1. The van der Waals surface area contributed by atoms with Crippen LogP contribution in [0, 0.1) is 11.3 Å². The molecular formula is C13H9BrN4. The van der Waals surface area contributed by atoms with Gasteiger partial charge in [-0.15, -0.1) is 0 Å². The molecule has 3 heterocycles. The van der Waals surface area contributed by atoms with Crippen molar-refractivity contribution in [2.24, 2.45) is 7.05 Å². The molecule has 4 nitrogen and oxygen atoms in total. The van der Waals surface area contributed by atoms with Crippen LogP contribution in [0.15, 0.2) is 41.3 Å². The van der Waals surface area contributed by atoms with Gasteiger partial charge < -0.3 is 4.40 Å². The summed E-state index contributed by atoms with van der Waals surface area (Å²) in [4.78, 5) is 0. The molecule has 3 aromatic heterocycles. The molecule has 5 heteroatoms. The van der Waals surface area contributed by atoms with Crippen LogP contribution >= 0.6 is 15.9 Å². The highest BCUT2D eigenvalue weighted by Crippen LogP contribution is 2.32. The molecule has 0 unspecified atom stereocenters. The number of halogens is 1. The van der Waals surface area contributed by atoms with Crippen molar-refractivity contribution in [2.75, 3.05) is 0 Å². The quantitative estimate of drug-likeness (QED) is 0.693. The van der Waals surface area contributed by atoms with Gasteiger partial charge in [-0.25, -0.2) is 0 Å². The second-order valence-electron chi connectivity index (χ2n) is 3.99. The third kappa shape index (κ3) is 1.46. The lowest BCUT2D eigenvalue weighted by Gasteiger charge is -2.00. The summed E-state index contributed by atoms with van der Waals surface area (Å²) in [6.07, 6.45) is 5.62. The molecule has 3 aromatic rings. The number of hydrogen-bond acceptors (Lipinski definition) is 2. The topological polar surface area (TPSA) is 46.0 Å². The zero-order chi connectivity index (χ0) is 12.7. The Bertz CT molecular complexity index is 756. The van der Waals surface area contributed by atoms with Crippen molar-refractivity contribution in [2.45, 2.75) is 0 Å². The fourth-order valence-electron chi connectivity index (χ4n) is 2.13.